The van der Waals surface area contributed by atoms with Crippen LogP contribution in [0.2, 0.25) is 0 Å². The van der Waals surface area contributed by atoms with Gasteiger partial charge in [-0.2, -0.15) is 0 Å². The summed E-state index contributed by atoms with van der Waals surface area (Å²) in [5.41, 5.74) is 2.00. The first-order valence-corrected chi connectivity index (χ1v) is 7.71. The van der Waals surface area contributed by atoms with Crippen LogP contribution < -0.4 is 4.74 Å². The van der Waals surface area contributed by atoms with Crippen molar-refractivity contribution in [2.75, 3.05) is 7.11 Å². The monoisotopic (exact) mass is 306 g/mol. The number of hydrogen-bond donors (Lipinski definition) is 0. The van der Waals surface area contributed by atoms with Gasteiger partial charge in [-0.1, -0.05) is 6.07 Å². The van der Waals surface area contributed by atoms with Crippen molar-refractivity contribution in [2.24, 2.45) is 0 Å². The van der Waals surface area contributed by atoms with Gasteiger partial charge in [-0.3, -0.25) is 0 Å². The van der Waals surface area contributed by atoms with Crippen molar-refractivity contribution in [2.45, 2.75) is 18.8 Å². The first kappa shape index (κ1) is 13.5. The number of alkyl halides is 1. The van der Waals surface area contributed by atoms with Crippen molar-refractivity contribution < 1.29 is 4.74 Å². The van der Waals surface area contributed by atoms with Crippen LogP contribution in [0.15, 0.2) is 35.7 Å². The average Bonchev–Trinajstić information content (AvgIpc) is 3.07. The van der Waals surface area contributed by atoms with Gasteiger partial charge in [-0.05, 0) is 30.5 Å². The fourth-order valence-electron chi connectivity index (χ4n) is 2.28. The summed E-state index contributed by atoms with van der Waals surface area (Å²) in [4.78, 5) is 5.93. The molecule has 5 heteroatoms. The molecule has 0 spiro atoms. The normalized spacial score (nSPS) is 12.8. The molecular weight excluding hydrogens is 292 g/mol. The van der Waals surface area contributed by atoms with Crippen LogP contribution in [0.4, 0.5) is 0 Å². The number of ether oxygens (including phenoxy) is 1. The second-order valence-corrected chi connectivity index (χ2v) is 6.29. The van der Waals surface area contributed by atoms with Crippen LogP contribution in [0.25, 0.3) is 11.0 Å². The van der Waals surface area contributed by atoms with Crippen molar-refractivity contribution in [3.05, 3.63) is 46.4 Å². The molecule has 0 radical (unpaired) electrons. The molecule has 1 unspecified atom stereocenters. The van der Waals surface area contributed by atoms with E-state index >= 15 is 0 Å². The third kappa shape index (κ3) is 2.41. The van der Waals surface area contributed by atoms with Crippen molar-refractivity contribution in [3.63, 3.8) is 0 Å². The van der Waals surface area contributed by atoms with Crippen LogP contribution in [0.3, 0.4) is 0 Å². The van der Waals surface area contributed by atoms with E-state index in [1.54, 1.807) is 18.4 Å². The van der Waals surface area contributed by atoms with E-state index in [9.17, 15) is 0 Å². The second-order valence-electron chi connectivity index (χ2n) is 4.61. The minimum atomic E-state index is -0.131. The molecule has 0 aliphatic heterocycles. The van der Waals surface area contributed by atoms with Gasteiger partial charge in [0.1, 0.15) is 11.6 Å². The van der Waals surface area contributed by atoms with E-state index in [0.29, 0.717) is 0 Å². The lowest BCUT2D eigenvalue weighted by Gasteiger charge is -2.09. The molecule has 0 aliphatic rings. The SMILES string of the molecule is COc1ccc2nc(C(C)Cl)n(Cc3cccs3)c2c1. The van der Waals surface area contributed by atoms with Crippen LogP contribution in [0, 0.1) is 0 Å². The molecule has 0 aliphatic carbocycles. The lowest BCUT2D eigenvalue weighted by atomic mass is 10.3. The van der Waals surface area contributed by atoms with E-state index in [2.05, 4.69) is 27.1 Å². The Labute approximate surface area is 126 Å². The third-order valence-corrected chi connectivity index (χ3v) is 4.29. The van der Waals surface area contributed by atoms with Gasteiger partial charge in [0.05, 0.1) is 30.1 Å². The Bertz CT molecular complexity index is 719. The Balaban J connectivity index is 2.16. The maximum Gasteiger partial charge on any atom is 0.128 e. The van der Waals surface area contributed by atoms with Gasteiger partial charge in [-0.25, -0.2) is 4.98 Å². The van der Waals surface area contributed by atoms with Gasteiger partial charge < -0.3 is 9.30 Å². The van der Waals surface area contributed by atoms with Crippen molar-refractivity contribution in [3.8, 4) is 5.75 Å². The minimum Gasteiger partial charge on any atom is -0.497 e. The summed E-state index contributed by atoms with van der Waals surface area (Å²) in [5, 5.41) is 1.95. The summed E-state index contributed by atoms with van der Waals surface area (Å²) < 4.78 is 7.48. The molecule has 0 N–H and O–H groups in total. The van der Waals surface area contributed by atoms with Gasteiger partial charge >= 0.3 is 0 Å². The number of hydrogen-bond acceptors (Lipinski definition) is 3. The molecule has 20 heavy (non-hydrogen) atoms. The fraction of sp³-hybridized carbons (Fsp3) is 0.267. The van der Waals surface area contributed by atoms with Crippen molar-refractivity contribution >= 4 is 34.0 Å². The number of nitrogens with zero attached hydrogens (tertiary/aromatic N) is 2. The average molecular weight is 307 g/mol. The lowest BCUT2D eigenvalue weighted by Crippen LogP contribution is -2.04. The van der Waals surface area contributed by atoms with E-state index in [1.165, 1.54) is 4.88 Å². The summed E-state index contributed by atoms with van der Waals surface area (Å²) in [5.74, 6) is 1.72. The zero-order chi connectivity index (χ0) is 14.1. The van der Waals surface area contributed by atoms with Crippen LogP contribution in [-0.4, -0.2) is 16.7 Å². The Morgan fingerprint density at radius 1 is 1.40 bits per heavy atom. The summed E-state index contributed by atoms with van der Waals surface area (Å²) in [6.45, 7) is 2.73. The summed E-state index contributed by atoms with van der Waals surface area (Å²) >= 11 is 8.02. The van der Waals surface area contributed by atoms with E-state index in [1.807, 2.05) is 25.1 Å². The molecule has 0 saturated heterocycles. The van der Waals surface area contributed by atoms with Gasteiger partial charge in [0.2, 0.25) is 0 Å². The molecule has 0 amide bonds. The van der Waals surface area contributed by atoms with Gasteiger partial charge in [0, 0.05) is 10.9 Å². The zero-order valence-electron chi connectivity index (χ0n) is 11.3. The standard InChI is InChI=1S/C15H15ClN2OS/c1-10(16)15-17-13-6-5-11(19-2)8-14(13)18(15)9-12-4-3-7-20-12/h3-8,10H,9H2,1-2H3. The van der Waals surface area contributed by atoms with E-state index < -0.39 is 0 Å². The van der Waals surface area contributed by atoms with Crippen LogP contribution in [-0.2, 0) is 6.54 Å². The predicted molar refractivity (Wildman–Crippen MR) is 84.0 cm³/mol. The minimum absolute atomic E-state index is 0.131. The molecule has 3 nitrogen and oxygen atoms in total. The Hall–Kier alpha value is -1.52. The molecule has 1 atom stereocenters. The number of rotatable bonds is 4. The van der Waals surface area contributed by atoms with E-state index in [0.717, 1.165) is 29.2 Å². The number of thiophene rings is 1. The smallest absolute Gasteiger partial charge is 0.128 e. The zero-order valence-corrected chi connectivity index (χ0v) is 12.9. The number of fused-ring (bicyclic) bond motifs is 1. The maximum absolute atomic E-state index is 6.28. The molecule has 104 valence electrons. The molecule has 2 aromatic heterocycles. The quantitative estimate of drug-likeness (QED) is 0.666. The van der Waals surface area contributed by atoms with E-state index in [-0.39, 0.29) is 5.38 Å². The third-order valence-electron chi connectivity index (χ3n) is 3.23. The van der Waals surface area contributed by atoms with Crippen molar-refractivity contribution in [1.29, 1.82) is 0 Å². The molecule has 0 saturated carbocycles. The number of imidazole rings is 1. The molecule has 0 bridgehead atoms. The van der Waals surface area contributed by atoms with Gasteiger partial charge in [-0.15, -0.1) is 22.9 Å². The summed E-state index contributed by atoms with van der Waals surface area (Å²) in [6, 6.07) is 10.1. The Morgan fingerprint density at radius 3 is 2.90 bits per heavy atom. The van der Waals surface area contributed by atoms with Crippen LogP contribution >= 0.6 is 22.9 Å². The van der Waals surface area contributed by atoms with Crippen molar-refractivity contribution in [1.82, 2.24) is 9.55 Å². The number of aromatic nitrogens is 2. The highest BCUT2D eigenvalue weighted by Crippen LogP contribution is 2.28. The summed E-state index contributed by atoms with van der Waals surface area (Å²) in [6.07, 6.45) is 0. The highest BCUT2D eigenvalue weighted by molar-refractivity contribution is 7.09. The van der Waals surface area contributed by atoms with Gasteiger partial charge in [0.25, 0.3) is 0 Å². The number of halogens is 1. The molecular formula is C15H15ClN2OS. The Kier molecular flexibility index (Phi) is 3.68. The largest absolute Gasteiger partial charge is 0.497 e. The highest BCUT2D eigenvalue weighted by atomic mass is 35.5. The number of benzene rings is 1. The van der Waals surface area contributed by atoms with Crippen LogP contribution in [0.5, 0.6) is 5.75 Å². The molecule has 0 fully saturated rings. The molecule has 3 rings (SSSR count). The number of methoxy groups -OCH3 is 1. The lowest BCUT2D eigenvalue weighted by molar-refractivity contribution is 0.415. The maximum atomic E-state index is 6.28. The first-order valence-electron chi connectivity index (χ1n) is 6.39. The predicted octanol–water partition coefficient (Wildman–Crippen LogP) is 4.45. The highest BCUT2D eigenvalue weighted by Gasteiger charge is 2.16. The molecule has 2 heterocycles. The summed E-state index contributed by atoms with van der Waals surface area (Å²) in [7, 11) is 1.67. The van der Waals surface area contributed by atoms with Gasteiger partial charge in [0.15, 0.2) is 0 Å². The Morgan fingerprint density at radius 2 is 2.25 bits per heavy atom. The molecule has 1 aromatic carbocycles. The fourth-order valence-corrected chi connectivity index (χ4v) is 3.14. The van der Waals surface area contributed by atoms with Crippen LogP contribution in [0.1, 0.15) is 23.0 Å². The second kappa shape index (κ2) is 5.46. The van der Waals surface area contributed by atoms with E-state index in [4.69, 9.17) is 16.3 Å². The first-order chi connectivity index (χ1) is 9.69. The molecule has 3 aromatic rings. The topological polar surface area (TPSA) is 27.1 Å².